The van der Waals surface area contributed by atoms with E-state index in [2.05, 4.69) is 36.3 Å². The first-order valence-corrected chi connectivity index (χ1v) is 7.61. The molecule has 3 aromatic rings. The second-order valence-electron chi connectivity index (χ2n) is 5.38. The number of hydrogen-bond donors (Lipinski definition) is 4. The van der Waals surface area contributed by atoms with E-state index < -0.39 is 0 Å². The highest BCUT2D eigenvalue weighted by Crippen LogP contribution is 2.27. The van der Waals surface area contributed by atoms with Crippen LogP contribution in [0.5, 0.6) is 0 Å². The molecule has 0 fully saturated rings. The van der Waals surface area contributed by atoms with Gasteiger partial charge < -0.3 is 10.7 Å². The molecule has 0 saturated carbocycles. The molecular formula is C15H16N10. The molecule has 0 atom stereocenters. The summed E-state index contributed by atoms with van der Waals surface area (Å²) in [5, 5.41) is 16.4. The van der Waals surface area contributed by atoms with E-state index in [1.165, 1.54) is 12.5 Å². The number of nitrogens with one attached hydrogen (secondary N) is 4. The van der Waals surface area contributed by atoms with Gasteiger partial charge >= 0.3 is 0 Å². The lowest BCUT2D eigenvalue weighted by Gasteiger charge is -2.17. The molecule has 1 aliphatic rings. The van der Waals surface area contributed by atoms with Gasteiger partial charge in [0.25, 0.3) is 0 Å². The Morgan fingerprint density at radius 1 is 1.40 bits per heavy atom. The lowest BCUT2D eigenvalue weighted by Crippen LogP contribution is -2.35. The van der Waals surface area contributed by atoms with Gasteiger partial charge in [0.1, 0.15) is 6.33 Å². The molecule has 1 aliphatic heterocycles. The van der Waals surface area contributed by atoms with Gasteiger partial charge in [-0.05, 0) is 17.7 Å². The topological polar surface area (TPSA) is 119 Å². The van der Waals surface area contributed by atoms with Crippen molar-refractivity contribution in [2.45, 2.75) is 6.54 Å². The molecule has 0 saturated heterocycles. The minimum atomic E-state index is 0.567. The second-order valence-corrected chi connectivity index (χ2v) is 5.38. The summed E-state index contributed by atoms with van der Waals surface area (Å²) in [5.74, 6) is 1.31. The van der Waals surface area contributed by atoms with E-state index >= 15 is 0 Å². The Kier molecular flexibility index (Phi) is 3.71. The number of allylic oxidation sites excluding steroid dienone is 1. The third kappa shape index (κ3) is 2.74. The number of anilines is 2. The van der Waals surface area contributed by atoms with E-state index in [1.807, 2.05) is 23.3 Å². The average molecular weight is 336 g/mol. The maximum absolute atomic E-state index is 7.53. The predicted molar refractivity (Wildman–Crippen MR) is 93.8 cm³/mol. The zero-order chi connectivity index (χ0) is 17.2. The molecule has 10 heteroatoms. The van der Waals surface area contributed by atoms with E-state index in [0.717, 1.165) is 11.2 Å². The van der Waals surface area contributed by atoms with Crippen molar-refractivity contribution >= 4 is 29.1 Å². The van der Waals surface area contributed by atoms with Crippen LogP contribution in [-0.4, -0.2) is 37.8 Å². The Labute approximate surface area is 143 Å². The van der Waals surface area contributed by atoms with Crippen LogP contribution in [0.3, 0.4) is 0 Å². The standard InChI is InChI=1S/C15H16N10/c1-17-6-11(5-16)12-7-18-14-15(21-12)25(23-22-14)8-10-2-3-24-13(4-10)19-9-20-24/h2-7,9,16-17,23H,8H2,1H3,(H,18,22)/b11-6+,16-5?. The molecule has 126 valence electrons. The Hall–Kier alpha value is -3.53. The fourth-order valence-corrected chi connectivity index (χ4v) is 2.57. The van der Waals surface area contributed by atoms with Gasteiger partial charge in [-0.1, -0.05) is 0 Å². The van der Waals surface area contributed by atoms with E-state index in [9.17, 15) is 0 Å². The summed E-state index contributed by atoms with van der Waals surface area (Å²) in [6.07, 6.45) is 7.98. The van der Waals surface area contributed by atoms with Crippen LogP contribution >= 0.6 is 0 Å². The molecule has 4 rings (SSSR count). The third-order valence-electron chi connectivity index (χ3n) is 3.76. The van der Waals surface area contributed by atoms with Crippen LogP contribution in [0.1, 0.15) is 11.3 Å². The molecular weight excluding hydrogens is 320 g/mol. The number of nitrogens with zero attached hydrogens (tertiary/aromatic N) is 6. The van der Waals surface area contributed by atoms with Crippen LogP contribution in [-0.2, 0) is 6.54 Å². The van der Waals surface area contributed by atoms with Gasteiger partial charge in [0.05, 0.1) is 18.4 Å². The van der Waals surface area contributed by atoms with Gasteiger partial charge in [0.15, 0.2) is 17.3 Å². The van der Waals surface area contributed by atoms with Gasteiger partial charge in [-0.3, -0.25) is 10.4 Å². The number of pyridine rings is 1. The van der Waals surface area contributed by atoms with Gasteiger partial charge in [0.2, 0.25) is 0 Å². The molecule has 0 bridgehead atoms. The van der Waals surface area contributed by atoms with Crippen molar-refractivity contribution in [3.63, 3.8) is 0 Å². The Morgan fingerprint density at radius 2 is 2.32 bits per heavy atom. The molecule has 0 amide bonds. The molecule has 0 spiro atoms. The maximum atomic E-state index is 7.53. The Balaban J connectivity index is 1.63. The highest BCUT2D eigenvalue weighted by Gasteiger charge is 2.23. The SMILES string of the molecule is CN/C=C(\C=N)c1cnc2c(n1)N(Cc1ccn3ncnc3c1)NN2. The maximum Gasteiger partial charge on any atom is 0.190 e. The number of hydrazine groups is 2. The van der Waals surface area contributed by atoms with Crippen LogP contribution in [0.15, 0.2) is 37.1 Å². The van der Waals surface area contributed by atoms with Gasteiger partial charge in [-0.2, -0.15) is 5.10 Å². The van der Waals surface area contributed by atoms with Crippen LogP contribution in [0.2, 0.25) is 0 Å². The van der Waals surface area contributed by atoms with E-state index in [0.29, 0.717) is 29.4 Å². The fraction of sp³-hybridized carbons (Fsp3) is 0.133. The average Bonchev–Trinajstić information content (AvgIpc) is 3.26. The quantitative estimate of drug-likeness (QED) is 0.500. The van der Waals surface area contributed by atoms with Crippen molar-refractivity contribution in [2.75, 3.05) is 17.5 Å². The third-order valence-corrected chi connectivity index (χ3v) is 3.76. The molecule has 4 N–H and O–H groups in total. The second kappa shape index (κ2) is 6.17. The lowest BCUT2D eigenvalue weighted by atomic mass is 10.2. The number of fused-ring (bicyclic) bond motifs is 2. The summed E-state index contributed by atoms with van der Waals surface area (Å²) in [7, 11) is 1.78. The van der Waals surface area contributed by atoms with Crippen molar-refractivity contribution < 1.29 is 0 Å². The van der Waals surface area contributed by atoms with Crippen molar-refractivity contribution in [3.8, 4) is 0 Å². The highest BCUT2D eigenvalue weighted by molar-refractivity contribution is 6.07. The van der Waals surface area contributed by atoms with Crippen LogP contribution in [0.25, 0.3) is 11.2 Å². The molecule has 4 heterocycles. The zero-order valence-corrected chi connectivity index (χ0v) is 13.4. The van der Waals surface area contributed by atoms with Crippen LogP contribution < -0.4 is 21.3 Å². The fourth-order valence-electron chi connectivity index (χ4n) is 2.57. The zero-order valence-electron chi connectivity index (χ0n) is 13.4. The number of rotatable bonds is 5. The van der Waals surface area contributed by atoms with Crippen molar-refractivity contribution in [3.05, 3.63) is 48.3 Å². The summed E-state index contributed by atoms with van der Waals surface area (Å²) < 4.78 is 1.71. The molecule has 0 radical (unpaired) electrons. The first-order chi connectivity index (χ1) is 12.3. The van der Waals surface area contributed by atoms with Gasteiger partial charge in [-0.25, -0.2) is 19.5 Å². The summed E-state index contributed by atoms with van der Waals surface area (Å²) in [5.41, 5.74) is 9.15. The lowest BCUT2D eigenvalue weighted by molar-refractivity contribution is 0.715. The van der Waals surface area contributed by atoms with Crippen molar-refractivity contribution in [2.24, 2.45) is 0 Å². The number of hydrogen-bond acceptors (Lipinski definition) is 9. The molecule has 3 aromatic heterocycles. The van der Waals surface area contributed by atoms with Crippen molar-refractivity contribution in [1.82, 2.24) is 35.4 Å². The summed E-state index contributed by atoms with van der Waals surface area (Å²) >= 11 is 0. The summed E-state index contributed by atoms with van der Waals surface area (Å²) in [6.45, 7) is 0.567. The molecule has 25 heavy (non-hydrogen) atoms. The van der Waals surface area contributed by atoms with Gasteiger partial charge in [0, 0.05) is 31.2 Å². The normalized spacial score (nSPS) is 13.6. The first-order valence-electron chi connectivity index (χ1n) is 7.61. The van der Waals surface area contributed by atoms with E-state index in [-0.39, 0.29) is 0 Å². The Bertz CT molecular complexity index is 960. The van der Waals surface area contributed by atoms with Crippen LogP contribution in [0.4, 0.5) is 11.6 Å². The Morgan fingerprint density at radius 3 is 3.16 bits per heavy atom. The minimum Gasteiger partial charge on any atom is -0.393 e. The predicted octanol–water partition coefficient (Wildman–Crippen LogP) is 0.581. The molecule has 10 nitrogen and oxygen atoms in total. The summed E-state index contributed by atoms with van der Waals surface area (Å²) in [6, 6.07) is 3.94. The van der Waals surface area contributed by atoms with Crippen LogP contribution in [0, 0.1) is 5.41 Å². The van der Waals surface area contributed by atoms with E-state index in [1.54, 1.807) is 24.0 Å². The summed E-state index contributed by atoms with van der Waals surface area (Å²) in [4.78, 5) is 13.2. The number of aromatic nitrogens is 5. The molecule has 0 aliphatic carbocycles. The minimum absolute atomic E-state index is 0.567. The highest BCUT2D eigenvalue weighted by atomic mass is 15.7. The molecule has 0 unspecified atom stereocenters. The van der Waals surface area contributed by atoms with Crippen molar-refractivity contribution in [1.29, 1.82) is 5.41 Å². The first kappa shape index (κ1) is 15.0. The monoisotopic (exact) mass is 336 g/mol. The smallest absolute Gasteiger partial charge is 0.190 e. The largest absolute Gasteiger partial charge is 0.393 e. The van der Waals surface area contributed by atoms with E-state index in [4.69, 9.17) is 5.41 Å². The molecule has 0 aromatic carbocycles. The van der Waals surface area contributed by atoms with Gasteiger partial charge in [-0.15, -0.1) is 5.53 Å².